The Bertz CT molecular complexity index is 608. The molecule has 0 aliphatic rings. The summed E-state index contributed by atoms with van der Waals surface area (Å²) in [6, 6.07) is 11.0. The van der Waals surface area contributed by atoms with Crippen LogP contribution in [0.2, 0.25) is 0 Å². The molecule has 0 saturated carbocycles. The monoisotopic (exact) mass is 260 g/mol. The number of carbonyl (C=O) groups is 1. The molecule has 2 rings (SSSR count). The number of ether oxygens (including phenoxy) is 1. The lowest BCUT2D eigenvalue weighted by molar-refractivity contribution is 0.0696. The highest BCUT2D eigenvalue weighted by molar-refractivity contribution is 5.87. The van der Waals surface area contributed by atoms with Crippen molar-refractivity contribution in [1.29, 1.82) is 0 Å². The van der Waals surface area contributed by atoms with Crippen molar-refractivity contribution in [2.24, 2.45) is 0 Å². The van der Waals surface area contributed by atoms with Crippen molar-refractivity contribution in [2.45, 2.75) is 13.5 Å². The van der Waals surface area contributed by atoms with Gasteiger partial charge in [-0.05, 0) is 42.3 Å². The van der Waals surface area contributed by atoms with Crippen LogP contribution in [-0.4, -0.2) is 11.1 Å². The van der Waals surface area contributed by atoms with E-state index in [1.165, 1.54) is 18.2 Å². The summed E-state index contributed by atoms with van der Waals surface area (Å²) in [6.45, 7) is 1.97. The predicted molar refractivity (Wildman–Crippen MR) is 68.9 cm³/mol. The molecule has 0 aromatic heterocycles. The van der Waals surface area contributed by atoms with E-state index in [0.29, 0.717) is 5.56 Å². The maximum Gasteiger partial charge on any atom is 0.335 e. The van der Waals surface area contributed by atoms with Crippen molar-refractivity contribution in [1.82, 2.24) is 0 Å². The SMILES string of the molecule is Cc1ccc(F)c(OCc2cccc(C(=O)O)c2)c1. The van der Waals surface area contributed by atoms with Crippen molar-refractivity contribution in [3.05, 3.63) is 65.0 Å². The fourth-order valence-electron chi connectivity index (χ4n) is 1.68. The number of rotatable bonds is 4. The molecular formula is C15H13FO3. The van der Waals surface area contributed by atoms with E-state index in [1.54, 1.807) is 24.3 Å². The zero-order valence-corrected chi connectivity index (χ0v) is 10.4. The first-order valence-electron chi connectivity index (χ1n) is 5.77. The van der Waals surface area contributed by atoms with Gasteiger partial charge in [0.15, 0.2) is 11.6 Å². The number of hydrogen-bond acceptors (Lipinski definition) is 2. The zero-order chi connectivity index (χ0) is 13.8. The molecule has 2 aromatic rings. The Morgan fingerprint density at radius 2 is 2.05 bits per heavy atom. The molecule has 0 aliphatic carbocycles. The van der Waals surface area contributed by atoms with Gasteiger partial charge in [-0.15, -0.1) is 0 Å². The summed E-state index contributed by atoms with van der Waals surface area (Å²) >= 11 is 0. The minimum atomic E-state index is -0.997. The van der Waals surface area contributed by atoms with Crippen LogP contribution in [0.4, 0.5) is 4.39 Å². The quantitative estimate of drug-likeness (QED) is 0.916. The maximum atomic E-state index is 13.5. The Morgan fingerprint density at radius 3 is 2.79 bits per heavy atom. The standard InChI is InChI=1S/C15H13FO3/c1-10-5-6-13(16)14(7-10)19-9-11-3-2-4-12(8-11)15(17)18/h2-8H,9H2,1H3,(H,17,18). The van der Waals surface area contributed by atoms with Gasteiger partial charge in [0.05, 0.1) is 5.56 Å². The first-order valence-corrected chi connectivity index (χ1v) is 5.77. The molecule has 3 nitrogen and oxygen atoms in total. The van der Waals surface area contributed by atoms with Gasteiger partial charge in [0.2, 0.25) is 0 Å². The summed E-state index contributed by atoms with van der Waals surface area (Å²) < 4.78 is 18.8. The fourth-order valence-corrected chi connectivity index (χ4v) is 1.68. The van der Waals surface area contributed by atoms with Crippen molar-refractivity contribution >= 4 is 5.97 Å². The smallest absolute Gasteiger partial charge is 0.335 e. The van der Waals surface area contributed by atoms with Gasteiger partial charge in [0, 0.05) is 0 Å². The molecule has 0 spiro atoms. The van der Waals surface area contributed by atoms with Crippen molar-refractivity contribution in [2.75, 3.05) is 0 Å². The third-order valence-electron chi connectivity index (χ3n) is 2.65. The number of hydrogen-bond donors (Lipinski definition) is 1. The molecule has 98 valence electrons. The molecule has 0 fully saturated rings. The van der Waals surface area contributed by atoms with Gasteiger partial charge in [0.1, 0.15) is 6.61 Å². The minimum absolute atomic E-state index is 0.126. The third kappa shape index (κ3) is 3.31. The van der Waals surface area contributed by atoms with Gasteiger partial charge in [-0.3, -0.25) is 0 Å². The number of benzene rings is 2. The molecule has 19 heavy (non-hydrogen) atoms. The normalized spacial score (nSPS) is 10.2. The van der Waals surface area contributed by atoms with Crippen LogP contribution in [-0.2, 0) is 6.61 Å². The maximum absolute atomic E-state index is 13.5. The van der Waals surface area contributed by atoms with Crippen LogP contribution in [0.5, 0.6) is 5.75 Å². The summed E-state index contributed by atoms with van der Waals surface area (Å²) in [5.41, 5.74) is 1.77. The third-order valence-corrected chi connectivity index (χ3v) is 2.65. The highest BCUT2D eigenvalue weighted by Crippen LogP contribution is 2.19. The van der Waals surface area contributed by atoms with E-state index in [1.807, 2.05) is 6.92 Å². The second-order valence-corrected chi connectivity index (χ2v) is 4.23. The summed E-state index contributed by atoms with van der Waals surface area (Å²) in [5, 5.41) is 8.87. The highest BCUT2D eigenvalue weighted by Gasteiger charge is 2.06. The molecule has 0 radical (unpaired) electrons. The second-order valence-electron chi connectivity index (χ2n) is 4.23. The van der Waals surface area contributed by atoms with E-state index in [4.69, 9.17) is 9.84 Å². The molecule has 0 atom stereocenters. The predicted octanol–water partition coefficient (Wildman–Crippen LogP) is 3.41. The van der Waals surface area contributed by atoms with Crippen LogP contribution in [0.25, 0.3) is 0 Å². The molecule has 1 N–H and O–H groups in total. The van der Waals surface area contributed by atoms with E-state index in [9.17, 15) is 9.18 Å². The summed E-state index contributed by atoms with van der Waals surface area (Å²) in [5.74, 6) is -1.26. The Morgan fingerprint density at radius 1 is 1.26 bits per heavy atom. The van der Waals surface area contributed by atoms with Gasteiger partial charge in [-0.2, -0.15) is 0 Å². The summed E-state index contributed by atoms with van der Waals surface area (Å²) in [6.07, 6.45) is 0. The number of carboxylic acid groups (broad SMARTS) is 1. The van der Waals surface area contributed by atoms with Crippen LogP contribution in [0, 0.1) is 12.7 Å². The van der Waals surface area contributed by atoms with Crippen LogP contribution in [0.1, 0.15) is 21.5 Å². The van der Waals surface area contributed by atoms with Crippen molar-refractivity contribution in [3.8, 4) is 5.75 Å². The van der Waals surface area contributed by atoms with Gasteiger partial charge in [-0.1, -0.05) is 18.2 Å². The molecule has 0 amide bonds. The second kappa shape index (κ2) is 5.52. The van der Waals surface area contributed by atoms with Crippen LogP contribution in [0.3, 0.4) is 0 Å². The Balaban J connectivity index is 2.12. The molecule has 0 aliphatic heterocycles. The molecule has 0 heterocycles. The molecule has 4 heteroatoms. The lowest BCUT2D eigenvalue weighted by atomic mass is 10.1. The van der Waals surface area contributed by atoms with Crippen LogP contribution in [0.15, 0.2) is 42.5 Å². The van der Waals surface area contributed by atoms with E-state index in [-0.39, 0.29) is 17.9 Å². The topological polar surface area (TPSA) is 46.5 Å². The first kappa shape index (κ1) is 13.1. The Labute approximate surface area is 110 Å². The van der Waals surface area contributed by atoms with Gasteiger partial charge < -0.3 is 9.84 Å². The lowest BCUT2D eigenvalue weighted by Crippen LogP contribution is -2.01. The van der Waals surface area contributed by atoms with E-state index < -0.39 is 11.8 Å². The number of halogens is 1. The van der Waals surface area contributed by atoms with Crippen LogP contribution >= 0.6 is 0 Å². The molecule has 0 saturated heterocycles. The van der Waals surface area contributed by atoms with Crippen molar-refractivity contribution < 1.29 is 19.0 Å². The minimum Gasteiger partial charge on any atom is -0.486 e. The molecule has 0 bridgehead atoms. The van der Waals surface area contributed by atoms with Crippen molar-refractivity contribution in [3.63, 3.8) is 0 Å². The largest absolute Gasteiger partial charge is 0.486 e. The van der Waals surface area contributed by atoms with E-state index in [2.05, 4.69) is 0 Å². The average molecular weight is 260 g/mol. The Kier molecular flexibility index (Phi) is 3.80. The van der Waals surface area contributed by atoms with Gasteiger partial charge in [0.25, 0.3) is 0 Å². The van der Waals surface area contributed by atoms with Gasteiger partial charge in [-0.25, -0.2) is 9.18 Å². The highest BCUT2D eigenvalue weighted by atomic mass is 19.1. The summed E-state index contributed by atoms with van der Waals surface area (Å²) in [7, 11) is 0. The first-order chi connectivity index (χ1) is 9.06. The number of aromatic carboxylic acids is 1. The number of aryl methyl sites for hydroxylation is 1. The average Bonchev–Trinajstić information content (AvgIpc) is 2.40. The summed E-state index contributed by atoms with van der Waals surface area (Å²) in [4.78, 5) is 10.8. The van der Waals surface area contributed by atoms with Crippen LogP contribution < -0.4 is 4.74 Å². The molecule has 2 aromatic carbocycles. The lowest BCUT2D eigenvalue weighted by Gasteiger charge is -2.08. The van der Waals surface area contributed by atoms with Gasteiger partial charge >= 0.3 is 5.97 Å². The zero-order valence-electron chi connectivity index (χ0n) is 10.4. The fraction of sp³-hybridized carbons (Fsp3) is 0.133. The van der Waals surface area contributed by atoms with E-state index >= 15 is 0 Å². The number of carboxylic acids is 1. The molecule has 0 unspecified atom stereocenters. The Hall–Kier alpha value is -2.36. The molecular weight excluding hydrogens is 247 g/mol. The van der Waals surface area contributed by atoms with E-state index in [0.717, 1.165) is 5.56 Å².